The number of fused-ring (bicyclic) bond motifs is 7. The predicted octanol–water partition coefficient (Wildman–Crippen LogP) is 1.96. The number of ether oxygens (including phenoxy) is 5. The van der Waals surface area contributed by atoms with E-state index in [9.17, 15) is 30.6 Å². The maximum atomic E-state index is 11.1. The normalized spacial score (nSPS) is 58.4. The molecular formula is C39H63NO11. The predicted molar refractivity (Wildman–Crippen MR) is 184 cm³/mol. The standard InChI is InChI=1S/C39H63NO11/c1-18-8-13-39(40-16-18)19(2)28-26(51-39)15-25-23-7-6-21-14-22(9-11-37(21,4)24(23)10-12-38(25,28)5)48-36-34(32(45)30(43)27(17-41)49-36)50-35-33(46)31(44)29(42)20(3)47-35/h6,18-20,22-36,40-46H,7-17H2,1-5H3/t18-,19+,20+,22+,23?,24?,25?,26-,27-,28-,29+,30-,31-,32+,33-,34-,35+,36-,37+,38+,39-/m1/s1. The molecule has 4 heterocycles. The minimum Gasteiger partial charge on any atom is -0.394 e. The summed E-state index contributed by atoms with van der Waals surface area (Å²) in [5, 5.41) is 66.8. The van der Waals surface area contributed by atoms with Crippen LogP contribution in [-0.2, 0) is 23.7 Å². The molecule has 1 spiro atoms. The van der Waals surface area contributed by atoms with E-state index in [-0.39, 0.29) is 22.7 Å². The first-order valence-electron chi connectivity index (χ1n) is 20.0. The van der Waals surface area contributed by atoms with Crippen molar-refractivity contribution in [1.29, 1.82) is 0 Å². The minimum absolute atomic E-state index is 0.0659. The van der Waals surface area contributed by atoms with Crippen molar-refractivity contribution >= 4 is 0 Å². The number of aliphatic hydroxyl groups is 6. The molecule has 7 fully saturated rings. The largest absolute Gasteiger partial charge is 0.394 e. The van der Waals surface area contributed by atoms with Crippen molar-refractivity contribution in [3.05, 3.63) is 11.6 Å². The van der Waals surface area contributed by atoms with Crippen molar-refractivity contribution in [2.45, 2.75) is 172 Å². The highest BCUT2D eigenvalue weighted by atomic mass is 16.8. The molecule has 3 saturated carbocycles. The maximum Gasteiger partial charge on any atom is 0.187 e. The topological polar surface area (TPSA) is 180 Å². The Morgan fingerprint density at radius 2 is 1.63 bits per heavy atom. The molecule has 290 valence electrons. The number of nitrogens with one attached hydrogen (secondary N) is 1. The van der Waals surface area contributed by atoms with Crippen molar-refractivity contribution in [2.24, 2.45) is 46.3 Å². The fourth-order valence-electron chi connectivity index (χ4n) is 12.7. The van der Waals surface area contributed by atoms with Gasteiger partial charge >= 0.3 is 0 Å². The summed E-state index contributed by atoms with van der Waals surface area (Å²) < 4.78 is 31.2. The molecule has 4 aliphatic carbocycles. The van der Waals surface area contributed by atoms with Crippen LogP contribution in [0.1, 0.15) is 92.4 Å². The van der Waals surface area contributed by atoms with E-state index >= 15 is 0 Å². The lowest BCUT2D eigenvalue weighted by Gasteiger charge is -2.59. The van der Waals surface area contributed by atoms with Gasteiger partial charge in [0.25, 0.3) is 0 Å². The van der Waals surface area contributed by atoms with Gasteiger partial charge in [0.1, 0.15) is 48.5 Å². The van der Waals surface area contributed by atoms with Gasteiger partial charge in [0.05, 0.1) is 24.9 Å². The molecule has 3 unspecified atom stereocenters. The Balaban J connectivity index is 0.964. The minimum atomic E-state index is -1.60. The maximum absolute atomic E-state index is 11.1. The summed E-state index contributed by atoms with van der Waals surface area (Å²) in [6.07, 6.45) is -1.26. The van der Waals surface area contributed by atoms with E-state index in [2.05, 4.69) is 39.1 Å². The van der Waals surface area contributed by atoms with Gasteiger partial charge in [-0.3, -0.25) is 5.32 Å². The summed E-state index contributed by atoms with van der Waals surface area (Å²) in [6.45, 7) is 11.9. The van der Waals surface area contributed by atoms with E-state index in [4.69, 9.17) is 23.7 Å². The molecular weight excluding hydrogens is 658 g/mol. The Hall–Kier alpha value is -0.740. The average molecular weight is 722 g/mol. The molecule has 4 aliphatic heterocycles. The van der Waals surface area contributed by atoms with Gasteiger partial charge in [-0.25, -0.2) is 0 Å². The smallest absolute Gasteiger partial charge is 0.187 e. The van der Waals surface area contributed by atoms with Gasteiger partial charge in [-0.1, -0.05) is 39.3 Å². The molecule has 12 heteroatoms. The third kappa shape index (κ3) is 5.84. The molecule has 8 aliphatic rings. The lowest BCUT2D eigenvalue weighted by atomic mass is 9.47. The summed E-state index contributed by atoms with van der Waals surface area (Å²) in [7, 11) is 0. The summed E-state index contributed by atoms with van der Waals surface area (Å²) in [5.74, 6) is 3.68. The average Bonchev–Trinajstić information content (AvgIpc) is 3.56. The van der Waals surface area contributed by atoms with Gasteiger partial charge in [-0.2, -0.15) is 0 Å². The second-order valence-electron chi connectivity index (χ2n) is 18.4. The number of piperidine rings is 1. The van der Waals surface area contributed by atoms with Crippen LogP contribution in [0.4, 0.5) is 0 Å². The molecule has 0 bridgehead atoms. The van der Waals surface area contributed by atoms with Gasteiger partial charge in [-0.05, 0) is 105 Å². The Bertz CT molecular complexity index is 1310. The van der Waals surface area contributed by atoms with Crippen LogP contribution >= 0.6 is 0 Å². The molecule has 7 N–H and O–H groups in total. The first kappa shape index (κ1) is 37.2. The summed E-state index contributed by atoms with van der Waals surface area (Å²) in [6, 6.07) is 0. The van der Waals surface area contributed by atoms with Crippen LogP contribution in [0.15, 0.2) is 11.6 Å². The van der Waals surface area contributed by atoms with Gasteiger partial charge in [0.2, 0.25) is 0 Å². The van der Waals surface area contributed by atoms with E-state index in [1.807, 2.05) is 0 Å². The van der Waals surface area contributed by atoms with Crippen LogP contribution in [0.2, 0.25) is 0 Å². The monoisotopic (exact) mass is 721 g/mol. The zero-order valence-corrected chi connectivity index (χ0v) is 31.0. The SMILES string of the molecule is C[C@@H]1CC[C@@]2(NC1)O[C@@H]1CC3C4CC=C5C[C@@H](O[C@@H]6O[C@H](CO)[C@@H](O)[C@H](O)[C@H]6O[C@@H]6O[C@@H](C)[C@H](O)[C@@H](O)[C@H]6O)CC[C@]5(C)C4CC[C@]3(C)[C@@H]1[C@@H]2C. The molecule has 0 amide bonds. The van der Waals surface area contributed by atoms with Gasteiger partial charge in [0, 0.05) is 12.5 Å². The third-order valence-electron chi connectivity index (χ3n) is 15.8. The number of hydrogen-bond donors (Lipinski definition) is 7. The van der Waals surface area contributed by atoms with Gasteiger partial charge < -0.3 is 54.3 Å². The summed E-state index contributed by atoms with van der Waals surface area (Å²) in [5.41, 5.74) is 1.61. The zero-order valence-electron chi connectivity index (χ0n) is 31.0. The third-order valence-corrected chi connectivity index (χ3v) is 15.8. The van der Waals surface area contributed by atoms with E-state index in [0.29, 0.717) is 48.0 Å². The van der Waals surface area contributed by atoms with E-state index in [1.165, 1.54) is 24.8 Å². The highest BCUT2D eigenvalue weighted by Gasteiger charge is 2.68. The zero-order chi connectivity index (χ0) is 36.2. The fourth-order valence-corrected chi connectivity index (χ4v) is 12.7. The number of rotatable bonds is 5. The van der Waals surface area contributed by atoms with E-state index in [0.717, 1.165) is 38.6 Å². The fraction of sp³-hybridized carbons (Fsp3) is 0.949. The van der Waals surface area contributed by atoms with Crippen LogP contribution in [-0.4, -0.2) is 123 Å². The number of aliphatic hydroxyl groups excluding tert-OH is 6. The first-order chi connectivity index (χ1) is 24.2. The van der Waals surface area contributed by atoms with Crippen LogP contribution < -0.4 is 5.32 Å². The second kappa shape index (κ2) is 13.5. The Morgan fingerprint density at radius 1 is 0.843 bits per heavy atom. The van der Waals surface area contributed by atoms with Crippen molar-refractivity contribution < 1.29 is 54.3 Å². The van der Waals surface area contributed by atoms with Gasteiger partial charge in [0.15, 0.2) is 12.6 Å². The first-order valence-corrected chi connectivity index (χ1v) is 20.0. The molecule has 0 aromatic rings. The lowest BCUT2D eigenvalue weighted by molar-refractivity contribution is -0.369. The molecule has 12 nitrogen and oxygen atoms in total. The van der Waals surface area contributed by atoms with Crippen LogP contribution in [0.25, 0.3) is 0 Å². The second-order valence-corrected chi connectivity index (χ2v) is 18.4. The Morgan fingerprint density at radius 3 is 2.35 bits per heavy atom. The van der Waals surface area contributed by atoms with Crippen molar-refractivity contribution in [1.82, 2.24) is 5.32 Å². The van der Waals surface area contributed by atoms with Crippen LogP contribution in [0.5, 0.6) is 0 Å². The molecule has 0 radical (unpaired) electrons. The van der Waals surface area contributed by atoms with Crippen molar-refractivity contribution in [2.75, 3.05) is 13.2 Å². The van der Waals surface area contributed by atoms with E-state index < -0.39 is 68.0 Å². The summed E-state index contributed by atoms with van der Waals surface area (Å²) in [4.78, 5) is 0. The van der Waals surface area contributed by atoms with Crippen molar-refractivity contribution in [3.63, 3.8) is 0 Å². The quantitative estimate of drug-likeness (QED) is 0.206. The number of hydrogen-bond acceptors (Lipinski definition) is 12. The summed E-state index contributed by atoms with van der Waals surface area (Å²) >= 11 is 0. The Labute approximate surface area is 302 Å². The number of allylic oxidation sites excluding steroid dienone is 1. The Kier molecular flexibility index (Phi) is 9.83. The van der Waals surface area contributed by atoms with Crippen molar-refractivity contribution in [3.8, 4) is 0 Å². The molecule has 0 aromatic heterocycles. The lowest BCUT2D eigenvalue weighted by Crippen LogP contribution is -2.64. The van der Waals surface area contributed by atoms with Gasteiger partial charge in [-0.15, -0.1) is 0 Å². The molecule has 21 atom stereocenters. The molecule has 51 heavy (non-hydrogen) atoms. The van der Waals surface area contributed by atoms with Crippen LogP contribution in [0, 0.1) is 46.3 Å². The van der Waals surface area contributed by atoms with E-state index in [1.54, 1.807) is 6.92 Å². The highest BCUT2D eigenvalue weighted by molar-refractivity contribution is 5.26. The molecule has 8 rings (SSSR count). The highest BCUT2D eigenvalue weighted by Crippen LogP contribution is 2.70. The van der Waals surface area contributed by atoms with Crippen LogP contribution in [0.3, 0.4) is 0 Å². The molecule has 4 saturated heterocycles. The molecule has 0 aromatic carbocycles.